The molecule has 0 bridgehead atoms. The third kappa shape index (κ3) is 4.42. The number of thioether (sulfide) groups is 1. The van der Waals surface area contributed by atoms with E-state index in [0.717, 1.165) is 18.3 Å². The Hall–Kier alpha value is -1.20. The number of likely N-dealkylation sites (tertiary alicyclic amines) is 1. The van der Waals surface area contributed by atoms with Gasteiger partial charge in [-0.2, -0.15) is 11.8 Å². The van der Waals surface area contributed by atoms with Gasteiger partial charge in [0.15, 0.2) is 0 Å². The van der Waals surface area contributed by atoms with Crippen molar-refractivity contribution in [2.45, 2.75) is 25.3 Å². The molecule has 1 aromatic rings. The molecule has 0 aliphatic carbocycles. The quantitative estimate of drug-likeness (QED) is 0.899. The van der Waals surface area contributed by atoms with Crippen LogP contribution in [0, 0.1) is 5.92 Å². The molecule has 0 spiro atoms. The Bertz CT molecular complexity index is 506. The van der Waals surface area contributed by atoms with Crippen LogP contribution in [-0.2, 0) is 0 Å². The number of nitrogens with zero attached hydrogens (tertiary/aromatic N) is 1. The number of rotatable bonds is 5. The highest BCUT2D eigenvalue weighted by molar-refractivity contribution is 7.99. The lowest BCUT2D eigenvalue weighted by Crippen LogP contribution is -2.43. The van der Waals surface area contributed by atoms with Gasteiger partial charge in [-0.05, 0) is 68.3 Å². The monoisotopic (exact) mass is 334 g/mol. The lowest BCUT2D eigenvalue weighted by atomic mass is 9.95. The van der Waals surface area contributed by atoms with Crippen LogP contribution in [-0.4, -0.2) is 55.1 Å². The van der Waals surface area contributed by atoms with E-state index in [-0.39, 0.29) is 5.91 Å². The third-order valence-electron chi connectivity index (χ3n) is 4.97. The second-order valence-electron chi connectivity index (χ2n) is 6.44. The number of piperidine rings is 1. The summed E-state index contributed by atoms with van der Waals surface area (Å²) >= 11 is 2.08. The Kier molecular flexibility index (Phi) is 5.84. The fourth-order valence-corrected chi connectivity index (χ4v) is 4.67. The molecule has 1 aromatic carbocycles. The van der Waals surface area contributed by atoms with Gasteiger partial charge in [0.2, 0.25) is 0 Å². The summed E-state index contributed by atoms with van der Waals surface area (Å²) in [7, 11) is 1.63. The standard InChI is InChI=1S/C18H26N2O2S/c1-22-17-4-2-15(3-5-17)18(21)19-12-14-6-9-20(10-7-14)16-8-11-23-13-16/h2-5,14,16H,6-13H2,1H3,(H,19,21). The van der Waals surface area contributed by atoms with Crippen LogP contribution in [0.2, 0.25) is 0 Å². The number of benzene rings is 1. The minimum atomic E-state index is 0.0160. The molecule has 4 nitrogen and oxygen atoms in total. The summed E-state index contributed by atoms with van der Waals surface area (Å²) in [5.41, 5.74) is 0.700. The first-order valence-electron chi connectivity index (χ1n) is 8.50. The van der Waals surface area contributed by atoms with Crippen LogP contribution in [0.15, 0.2) is 24.3 Å². The van der Waals surface area contributed by atoms with Gasteiger partial charge < -0.3 is 10.1 Å². The fraction of sp³-hybridized carbons (Fsp3) is 0.611. The maximum Gasteiger partial charge on any atom is 0.251 e. The molecule has 2 saturated heterocycles. The Labute approximate surface area is 143 Å². The molecule has 2 aliphatic rings. The van der Waals surface area contributed by atoms with Gasteiger partial charge in [-0.1, -0.05) is 0 Å². The molecular formula is C18H26N2O2S. The van der Waals surface area contributed by atoms with Gasteiger partial charge in [-0.25, -0.2) is 0 Å². The molecule has 0 aromatic heterocycles. The summed E-state index contributed by atoms with van der Waals surface area (Å²) in [5, 5.41) is 3.09. The van der Waals surface area contributed by atoms with Crippen molar-refractivity contribution in [2.75, 3.05) is 38.2 Å². The number of hydrogen-bond acceptors (Lipinski definition) is 4. The Morgan fingerprint density at radius 2 is 2.00 bits per heavy atom. The molecule has 2 heterocycles. The number of ether oxygens (including phenoxy) is 1. The van der Waals surface area contributed by atoms with Crippen LogP contribution in [0.4, 0.5) is 0 Å². The number of hydrogen-bond donors (Lipinski definition) is 1. The summed E-state index contributed by atoms with van der Waals surface area (Å²) in [5.74, 6) is 4.03. The fourth-order valence-electron chi connectivity index (χ4n) is 3.41. The van der Waals surface area contributed by atoms with E-state index in [1.165, 1.54) is 43.9 Å². The number of nitrogens with one attached hydrogen (secondary N) is 1. The normalized spacial score (nSPS) is 22.9. The lowest BCUT2D eigenvalue weighted by Gasteiger charge is -2.35. The van der Waals surface area contributed by atoms with Crippen molar-refractivity contribution in [2.24, 2.45) is 5.92 Å². The highest BCUT2D eigenvalue weighted by Crippen LogP contribution is 2.26. The Balaban J connectivity index is 1.41. The Morgan fingerprint density at radius 1 is 1.26 bits per heavy atom. The van der Waals surface area contributed by atoms with Crippen LogP contribution in [0.25, 0.3) is 0 Å². The van der Waals surface area contributed by atoms with E-state index in [4.69, 9.17) is 4.74 Å². The van der Waals surface area contributed by atoms with Crippen molar-refractivity contribution in [3.05, 3.63) is 29.8 Å². The first-order chi connectivity index (χ1) is 11.3. The predicted octanol–water partition coefficient (Wildman–Crippen LogP) is 2.64. The highest BCUT2D eigenvalue weighted by atomic mass is 32.2. The smallest absolute Gasteiger partial charge is 0.251 e. The van der Waals surface area contributed by atoms with Crippen LogP contribution in [0.1, 0.15) is 29.6 Å². The largest absolute Gasteiger partial charge is 0.497 e. The summed E-state index contributed by atoms with van der Waals surface area (Å²) in [6, 6.07) is 8.08. The highest BCUT2D eigenvalue weighted by Gasteiger charge is 2.27. The molecular weight excluding hydrogens is 308 g/mol. The van der Waals surface area contributed by atoms with Gasteiger partial charge in [0.1, 0.15) is 5.75 Å². The lowest BCUT2D eigenvalue weighted by molar-refractivity contribution is 0.0928. The van der Waals surface area contributed by atoms with Crippen LogP contribution in [0.3, 0.4) is 0 Å². The molecule has 126 valence electrons. The first kappa shape index (κ1) is 16.7. The molecule has 5 heteroatoms. The zero-order valence-electron chi connectivity index (χ0n) is 13.8. The zero-order chi connectivity index (χ0) is 16.1. The number of carbonyl (C=O) groups is 1. The van der Waals surface area contributed by atoms with Gasteiger partial charge in [0, 0.05) is 23.9 Å². The van der Waals surface area contributed by atoms with Crippen molar-refractivity contribution < 1.29 is 9.53 Å². The van der Waals surface area contributed by atoms with Crippen molar-refractivity contribution in [3.63, 3.8) is 0 Å². The Morgan fingerprint density at radius 3 is 2.61 bits per heavy atom. The van der Waals surface area contributed by atoms with E-state index >= 15 is 0 Å². The average Bonchev–Trinajstić information content (AvgIpc) is 3.15. The van der Waals surface area contributed by atoms with Crippen LogP contribution in [0.5, 0.6) is 5.75 Å². The summed E-state index contributed by atoms with van der Waals surface area (Å²) < 4.78 is 5.12. The van der Waals surface area contributed by atoms with Crippen molar-refractivity contribution in [1.82, 2.24) is 10.2 Å². The molecule has 1 atom stereocenters. The second-order valence-corrected chi connectivity index (χ2v) is 7.59. The number of amides is 1. The maximum absolute atomic E-state index is 12.2. The second kappa shape index (κ2) is 8.06. The minimum Gasteiger partial charge on any atom is -0.497 e. The average molecular weight is 334 g/mol. The van der Waals surface area contributed by atoms with Gasteiger partial charge in [-0.3, -0.25) is 9.69 Å². The van der Waals surface area contributed by atoms with Crippen LogP contribution < -0.4 is 10.1 Å². The molecule has 0 saturated carbocycles. The maximum atomic E-state index is 12.2. The molecule has 3 rings (SSSR count). The zero-order valence-corrected chi connectivity index (χ0v) is 14.6. The van der Waals surface area contributed by atoms with Crippen molar-refractivity contribution >= 4 is 17.7 Å². The molecule has 2 fully saturated rings. The minimum absolute atomic E-state index is 0.0160. The molecule has 0 radical (unpaired) electrons. The van der Waals surface area contributed by atoms with Crippen molar-refractivity contribution in [3.8, 4) is 5.75 Å². The molecule has 1 unspecified atom stereocenters. The molecule has 23 heavy (non-hydrogen) atoms. The van der Waals surface area contributed by atoms with E-state index in [1.807, 2.05) is 24.3 Å². The van der Waals surface area contributed by atoms with E-state index in [9.17, 15) is 4.79 Å². The van der Waals surface area contributed by atoms with Gasteiger partial charge in [0.05, 0.1) is 7.11 Å². The van der Waals surface area contributed by atoms with Gasteiger partial charge >= 0.3 is 0 Å². The summed E-state index contributed by atoms with van der Waals surface area (Å²) in [6.07, 6.45) is 3.75. The first-order valence-corrected chi connectivity index (χ1v) is 9.66. The number of carbonyl (C=O) groups excluding carboxylic acids is 1. The van der Waals surface area contributed by atoms with Crippen molar-refractivity contribution in [1.29, 1.82) is 0 Å². The number of methoxy groups -OCH3 is 1. The van der Waals surface area contributed by atoms with E-state index in [2.05, 4.69) is 22.0 Å². The van der Waals surface area contributed by atoms with Gasteiger partial charge in [0.25, 0.3) is 5.91 Å². The van der Waals surface area contributed by atoms with Gasteiger partial charge in [-0.15, -0.1) is 0 Å². The molecule has 1 N–H and O–H groups in total. The summed E-state index contributed by atoms with van der Waals surface area (Å²) in [4.78, 5) is 14.8. The van der Waals surface area contributed by atoms with Crippen LogP contribution >= 0.6 is 11.8 Å². The van der Waals surface area contributed by atoms with E-state index in [1.54, 1.807) is 7.11 Å². The van der Waals surface area contributed by atoms with E-state index < -0.39 is 0 Å². The van der Waals surface area contributed by atoms with E-state index in [0.29, 0.717) is 11.5 Å². The molecule has 1 amide bonds. The molecule has 2 aliphatic heterocycles. The SMILES string of the molecule is COc1ccc(C(=O)NCC2CCN(C3CCSC3)CC2)cc1. The summed E-state index contributed by atoms with van der Waals surface area (Å²) in [6.45, 7) is 3.17. The predicted molar refractivity (Wildman–Crippen MR) is 95.4 cm³/mol. The third-order valence-corrected chi connectivity index (χ3v) is 6.12. The topological polar surface area (TPSA) is 41.6 Å².